The minimum atomic E-state index is -3.59. The monoisotopic (exact) mass is 326 g/mol. The molecule has 1 aromatic heterocycles. The number of fused-ring (bicyclic) bond motifs is 3. The lowest BCUT2D eigenvalue weighted by molar-refractivity contribution is 0.298. The Kier molecular flexibility index (Phi) is 3.28. The number of benzene rings is 2. The van der Waals surface area contributed by atoms with Crippen molar-refractivity contribution in [3.8, 4) is 0 Å². The van der Waals surface area contributed by atoms with Crippen LogP contribution in [-0.4, -0.2) is 23.8 Å². The van der Waals surface area contributed by atoms with Crippen LogP contribution in [0, 0.1) is 0 Å². The number of aromatic nitrogens is 1. The van der Waals surface area contributed by atoms with Gasteiger partial charge in [-0.2, -0.15) is 0 Å². The number of hydrogen-bond donors (Lipinski definition) is 0. The van der Waals surface area contributed by atoms with Gasteiger partial charge in [0, 0.05) is 18.5 Å². The third kappa shape index (κ3) is 2.11. The fourth-order valence-electron chi connectivity index (χ4n) is 3.35. The molecule has 5 heteroatoms. The Morgan fingerprint density at radius 3 is 2.39 bits per heavy atom. The van der Waals surface area contributed by atoms with Crippen molar-refractivity contribution >= 4 is 20.9 Å². The van der Waals surface area contributed by atoms with Crippen molar-refractivity contribution in [2.45, 2.75) is 24.9 Å². The van der Waals surface area contributed by atoms with Crippen LogP contribution >= 0.6 is 0 Å². The molecule has 0 unspecified atom stereocenters. The van der Waals surface area contributed by atoms with Crippen molar-refractivity contribution in [2.24, 2.45) is 0 Å². The Labute approximate surface area is 136 Å². The molecule has 0 amide bonds. The van der Waals surface area contributed by atoms with Crippen molar-refractivity contribution < 1.29 is 8.42 Å². The Morgan fingerprint density at radius 2 is 1.65 bits per heavy atom. The van der Waals surface area contributed by atoms with Gasteiger partial charge < -0.3 is 0 Å². The zero-order valence-electron chi connectivity index (χ0n) is 12.9. The average Bonchev–Trinajstić information content (AvgIpc) is 3.12. The van der Waals surface area contributed by atoms with Gasteiger partial charge >= 0.3 is 0 Å². The normalized spacial score (nSPS) is 15.2. The summed E-state index contributed by atoms with van der Waals surface area (Å²) in [6.45, 7) is 4.49. The van der Waals surface area contributed by atoms with Crippen LogP contribution in [-0.2, 0) is 23.1 Å². The van der Waals surface area contributed by atoms with E-state index in [0.717, 1.165) is 35.2 Å². The third-order valence-corrected chi connectivity index (χ3v) is 6.29. The van der Waals surface area contributed by atoms with E-state index in [1.165, 1.54) is 0 Å². The summed E-state index contributed by atoms with van der Waals surface area (Å²) < 4.78 is 28.0. The van der Waals surface area contributed by atoms with E-state index in [4.69, 9.17) is 0 Å². The zero-order valence-corrected chi connectivity index (χ0v) is 13.8. The molecule has 2 heterocycles. The lowest BCUT2D eigenvalue weighted by Crippen LogP contribution is -2.20. The second-order valence-corrected chi connectivity index (χ2v) is 7.61. The fourth-order valence-corrected chi connectivity index (χ4v) is 4.94. The minimum absolute atomic E-state index is 0.332. The van der Waals surface area contributed by atoms with Crippen LogP contribution in [0.4, 0.5) is 0 Å². The van der Waals surface area contributed by atoms with Crippen LogP contribution in [0.15, 0.2) is 59.5 Å². The molecule has 3 aromatic rings. The quantitative estimate of drug-likeness (QED) is 0.742. The van der Waals surface area contributed by atoms with Crippen molar-refractivity contribution in [1.29, 1.82) is 0 Å². The molecule has 0 atom stereocenters. The summed E-state index contributed by atoms with van der Waals surface area (Å²) in [5.74, 6) is 0. The first-order chi connectivity index (χ1) is 11.1. The van der Waals surface area contributed by atoms with Crippen LogP contribution in [0.2, 0.25) is 0 Å². The Balaban J connectivity index is 2.02. The second kappa shape index (κ2) is 5.22. The summed E-state index contributed by atoms with van der Waals surface area (Å²) in [5, 5.41) is 1.04. The lowest BCUT2D eigenvalue weighted by Gasteiger charge is -2.15. The van der Waals surface area contributed by atoms with E-state index < -0.39 is 10.0 Å². The summed E-state index contributed by atoms with van der Waals surface area (Å²) in [6, 6.07) is 16.4. The summed E-state index contributed by atoms with van der Waals surface area (Å²) >= 11 is 0. The van der Waals surface area contributed by atoms with E-state index >= 15 is 0 Å². The number of rotatable bonds is 3. The van der Waals surface area contributed by atoms with E-state index in [1.54, 1.807) is 28.2 Å². The van der Waals surface area contributed by atoms with Crippen molar-refractivity contribution in [3.63, 3.8) is 0 Å². The van der Waals surface area contributed by atoms with Gasteiger partial charge in [-0.1, -0.05) is 43.3 Å². The van der Waals surface area contributed by atoms with E-state index in [1.807, 2.05) is 30.3 Å². The molecule has 0 radical (unpaired) electrons. The van der Waals surface area contributed by atoms with Gasteiger partial charge in [-0.15, -0.1) is 0 Å². The van der Waals surface area contributed by atoms with Gasteiger partial charge in [0.1, 0.15) is 0 Å². The largest absolute Gasteiger partial charge is 0.293 e. The van der Waals surface area contributed by atoms with E-state index in [-0.39, 0.29) is 0 Å². The molecule has 0 saturated heterocycles. The molecule has 118 valence electrons. The molecular weight excluding hydrogens is 308 g/mol. The zero-order chi connectivity index (χ0) is 16.0. The van der Waals surface area contributed by atoms with Crippen LogP contribution in [0.1, 0.15) is 18.2 Å². The second-order valence-electron chi connectivity index (χ2n) is 5.83. The van der Waals surface area contributed by atoms with Gasteiger partial charge in [0.25, 0.3) is 10.0 Å². The van der Waals surface area contributed by atoms with Crippen LogP contribution in [0.25, 0.3) is 10.9 Å². The molecule has 4 rings (SSSR count). The van der Waals surface area contributed by atoms with E-state index in [2.05, 4.69) is 11.8 Å². The predicted molar refractivity (Wildman–Crippen MR) is 90.8 cm³/mol. The average molecular weight is 326 g/mol. The van der Waals surface area contributed by atoms with E-state index in [0.29, 0.717) is 11.4 Å². The van der Waals surface area contributed by atoms with Gasteiger partial charge in [-0.25, -0.2) is 12.4 Å². The maximum Gasteiger partial charge on any atom is 0.268 e. The molecule has 0 saturated carbocycles. The first-order valence-electron chi connectivity index (χ1n) is 7.77. The molecule has 4 nitrogen and oxygen atoms in total. The molecular formula is C18H18N2O2S. The minimum Gasteiger partial charge on any atom is -0.293 e. The summed E-state index contributed by atoms with van der Waals surface area (Å²) in [5.41, 5.74) is 2.82. The smallest absolute Gasteiger partial charge is 0.268 e. The van der Waals surface area contributed by atoms with Gasteiger partial charge in [-0.05, 0) is 30.3 Å². The summed E-state index contributed by atoms with van der Waals surface area (Å²) in [4.78, 5) is 2.59. The first-order valence-corrected chi connectivity index (χ1v) is 9.21. The molecule has 1 aliphatic rings. The lowest BCUT2D eigenvalue weighted by atomic mass is 10.1. The van der Waals surface area contributed by atoms with Crippen molar-refractivity contribution in [3.05, 3.63) is 65.9 Å². The summed E-state index contributed by atoms with van der Waals surface area (Å²) in [7, 11) is -3.59. The molecule has 0 spiro atoms. The van der Waals surface area contributed by atoms with Crippen LogP contribution in [0.5, 0.6) is 0 Å². The Morgan fingerprint density at radius 1 is 0.957 bits per heavy atom. The predicted octanol–water partition coefficient (Wildman–Crippen LogP) is 3.21. The third-order valence-electron chi connectivity index (χ3n) is 4.53. The van der Waals surface area contributed by atoms with Crippen molar-refractivity contribution in [1.82, 2.24) is 8.87 Å². The topological polar surface area (TPSA) is 42.3 Å². The highest BCUT2D eigenvalue weighted by molar-refractivity contribution is 7.90. The highest BCUT2D eigenvalue weighted by Gasteiger charge is 2.31. The Bertz CT molecular complexity index is 975. The number of para-hydroxylation sites is 1. The highest BCUT2D eigenvalue weighted by Crippen LogP contribution is 2.35. The standard InChI is InChI=1S/C18H18N2O2S/c1-2-19-12-16-15-10-6-7-11-17(15)20(18(16)13-19)23(21,22)14-8-4-3-5-9-14/h3-11H,2,12-13H2,1H3. The van der Waals surface area contributed by atoms with Crippen LogP contribution in [0.3, 0.4) is 0 Å². The molecule has 0 bridgehead atoms. The van der Waals surface area contributed by atoms with E-state index in [9.17, 15) is 8.42 Å². The maximum absolute atomic E-state index is 13.2. The van der Waals surface area contributed by atoms with Crippen LogP contribution < -0.4 is 0 Å². The fraction of sp³-hybridized carbons (Fsp3) is 0.222. The number of hydrogen-bond acceptors (Lipinski definition) is 3. The molecule has 0 N–H and O–H groups in total. The molecule has 23 heavy (non-hydrogen) atoms. The molecule has 1 aliphatic heterocycles. The van der Waals surface area contributed by atoms with Crippen molar-refractivity contribution in [2.75, 3.05) is 6.54 Å². The van der Waals surface area contributed by atoms with Gasteiger partial charge in [-0.3, -0.25) is 4.90 Å². The van der Waals surface area contributed by atoms with Gasteiger partial charge in [0.15, 0.2) is 0 Å². The van der Waals surface area contributed by atoms with Gasteiger partial charge in [0.05, 0.1) is 16.1 Å². The first kappa shape index (κ1) is 14.5. The van der Waals surface area contributed by atoms with Gasteiger partial charge in [0.2, 0.25) is 0 Å². The highest BCUT2D eigenvalue weighted by atomic mass is 32.2. The molecule has 2 aromatic carbocycles. The Hall–Kier alpha value is -2.11. The summed E-state index contributed by atoms with van der Waals surface area (Å²) in [6.07, 6.45) is 0. The molecule has 0 aliphatic carbocycles. The number of nitrogens with zero attached hydrogens (tertiary/aromatic N) is 2. The molecule has 0 fully saturated rings. The maximum atomic E-state index is 13.2. The SMILES string of the molecule is CCN1Cc2c(n(S(=O)(=O)c3ccccc3)c3ccccc23)C1.